The van der Waals surface area contributed by atoms with E-state index >= 15 is 0 Å². The lowest BCUT2D eigenvalue weighted by Crippen LogP contribution is -2.30. The summed E-state index contributed by atoms with van der Waals surface area (Å²) in [6.07, 6.45) is 0.139. The fraction of sp³-hybridized carbons (Fsp3) is 0.185. The summed E-state index contributed by atoms with van der Waals surface area (Å²) in [5.41, 5.74) is 7.18. The molecule has 2 nitrogen and oxygen atoms in total. The maximum Gasteiger partial charge on any atom is 0.220 e. The fourth-order valence-electron chi connectivity index (χ4n) is 4.00. The van der Waals surface area contributed by atoms with Crippen molar-refractivity contribution in [3.63, 3.8) is 0 Å². The van der Waals surface area contributed by atoms with Gasteiger partial charge in [0.25, 0.3) is 0 Å². The molecule has 0 spiro atoms. The first-order valence-electron chi connectivity index (χ1n) is 10.8. The van der Waals surface area contributed by atoms with Gasteiger partial charge in [-0.1, -0.05) is 62.4 Å². The smallest absolute Gasteiger partial charge is 0.220 e. The van der Waals surface area contributed by atoms with Crippen molar-refractivity contribution in [1.29, 1.82) is 0 Å². The Labute approximate surface area is 175 Å². The molecule has 4 rings (SSSR count). The zero-order chi connectivity index (χ0) is 22.3. The van der Waals surface area contributed by atoms with Gasteiger partial charge in [-0.25, -0.2) is 9.41 Å². The van der Waals surface area contributed by atoms with Crippen LogP contribution in [-0.4, -0.2) is 0 Å². The summed E-state index contributed by atoms with van der Waals surface area (Å²) in [4.78, 5) is 3.52. The molecule has 0 atom stereocenters. The maximum absolute atomic E-state index is 8.57. The van der Waals surface area contributed by atoms with E-state index in [1.165, 1.54) is 11.1 Å². The molecule has 1 heterocycles. The molecule has 0 aliphatic carbocycles. The van der Waals surface area contributed by atoms with E-state index in [4.69, 9.17) is 9.31 Å². The predicted molar refractivity (Wildman–Crippen MR) is 121 cm³/mol. The number of fused-ring (bicyclic) bond motifs is 1. The highest BCUT2D eigenvalue weighted by molar-refractivity contribution is 5.96. The molecular weight excluding hydrogens is 352 g/mol. The van der Waals surface area contributed by atoms with Gasteiger partial charge in [-0.15, -0.1) is 0 Å². The van der Waals surface area contributed by atoms with Crippen molar-refractivity contribution in [3.05, 3.63) is 95.4 Å². The Balaban J connectivity index is 2.13. The predicted octanol–water partition coefficient (Wildman–Crippen LogP) is 6.98. The average Bonchev–Trinajstić information content (AvgIpc) is 2.78. The fourth-order valence-corrected chi connectivity index (χ4v) is 4.00. The molecular formula is C27H25N2+. The molecule has 0 aliphatic heterocycles. The van der Waals surface area contributed by atoms with Gasteiger partial charge in [0.05, 0.1) is 18.9 Å². The zero-order valence-electron chi connectivity index (χ0n) is 19.2. The Bertz CT molecular complexity index is 1350. The van der Waals surface area contributed by atoms with E-state index < -0.39 is 0 Å². The SMILES string of the molecule is [2H]c1c([2H])[n+](C)c(-c2cc(-c3ccccc3)cc(C(C)C)c2C)c2ccc([N+]#[C-])cc12. The quantitative estimate of drug-likeness (QED) is 0.268. The number of aromatic nitrogens is 1. The molecule has 2 heteroatoms. The van der Waals surface area contributed by atoms with E-state index in [1.807, 2.05) is 31.3 Å². The Morgan fingerprint density at radius 3 is 2.45 bits per heavy atom. The molecule has 142 valence electrons. The van der Waals surface area contributed by atoms with Crippen LogP contribution in [0.4, 0.5) is 5.69 Å². The third-order valence-corrected chi connectivity index (χ3v) is 5.51. The van der Waals surface area contributed by atoms with Crippen LogP contribution in [0.25, 0.3) is 38.0 Å². The minimum atomic E-state index is 0.139. The van der Waals surface area contributed by atoms with E-state index in [9.17, 15) is 0 Å². The number of nitrogens with zero attached hydrogens (tertiary/aromatic N) is 2. The van der Waals surface area contributed by atoms with Crippen LogP contribution < -0.4 is 4.57 Å². The summed E-state index contributed by atoms with van der Waals surface area (Å²) in [5.74, 6) is 0.346. The monoisotopic (exact) mass is 379 g/mol. The first kappa shape index (κ1) is 16.5. The standard InChI is InChI=1S/C27H25N2/c1-18(2)25-16-22(20-9-7-6-8-10-20)17-26(19(25)3)27-24-12-11-23(28-4)15-21(24)13-14-29(27)5/h6-18H,1-3,5H3/q+1/i13D,14D. The second kappa shape index (κ2) is 7.53. The second-order valence-corrected chi connectivity index (χ2v) is 7.74. The Kier molecular flexibility index (Phi) is 4.28. The van der Waals surface area contributed by atoms with Gasteiger partial charge in [-0.3, -0.25) is 0 Å². The normalized spacial score (nSPS) is 12.0. The lowest BCUT2D eigenvalue weighted by molar-refractivity contribution is -0.659. The van der Waals surface area contributed by atoms with Crippen molar-refractivity contribution >= 4 is 16.5 Å². The van der Waals surface area contributed by atoms with E-state index in [0.717, 1.165) is 27.8 Å². The first-order chi connectivity index (χ1) is 14.8. The number of benzene rings is 3. The second-order valence-electron chi connectivity index (χ2n) is 7.74. The van der Waals surface area contributed by atoms with Crippen molar-refractivity contribution in [3.8, 4) is 22.4 Å². The minimum Gasteiger partial charge on any atom is -0.238 e. The van der Waals surface area contributed by atoms with Gasteiger partial charge in [0.15, 0.2) is 11.9 Å². The van der Waals surface area contributed by atoms with Gasteiger partial charge in [0.1, 0.15) is 8.42 Å². The van der Waals surface area contributed by atoms with Gasteiger partial charge in [0.2, 0.25) is 5.69 Å². The van der Waals surface area contributed by atoms with Crippen molar-refractivity contribution in [1.82, 2.24) is 0 Å². The van der Waals surface area contributed by atoms with Gasteiger partial charge in [-0.05, 0) is 52.6 Å². The molecule has 0 radical (unpaired) electrons. The molecule has 29 heavy (non-hydrogen) atoms. The van der Waals surface area contributed by atoms with Gasteiger partial charge < -0.3 is 0 Å². The molecule has 0 saturated heterocycles. The summed E-state index contributed by atoms with van der Waals surface area (Å²) in [6, 6.07) is 20.4. The molecule has 1 aromatic heterocycles. The van der Waals surface area contributed by atoms with Crippen LogP contribution in [0.1, 0.15) is 33.6 Å². The largest absolute Gasteiger partial charge is 0.238 e. The van der Waals surface area contributed by atoms with E-state index in [1.54, 1.807) is 16.7 Å². The summed E-state index contributed by atoms with van der Waals surface area (Å²) in [7, 11) is 1.85. The summed E-state index contributed by atoms with van der Waals surface area (Å²) < 4.78 is 18.9. The van der Waals surface area contributed by atoms with Crippen LogP contribution in [0.2, 0.25) is 0 Å². The Morgan fingerprint density at radius 1 is 1.00 bits per heavy atom. The number of hydrogen-bond donors (Lipinski definition) is 0. The number of hydrogen-bond acceptors (Lipinski definition) is 0. The lowest BCUT2D eigenvalue weighted by Gasteiger charge is -2.17. The topological polar surface area (TPSA) is 8.24 Å². The van der Waals surface area contributed by atoms with Crippen LogP contribution in [-0.2, 0) is 7.05 Å². The maximum atomic E-state index is 8.57. The summed E-state index contributed by atoms with van der Waals surface area (Å²) >= 11 is 0. The highest BCUT2D eigenvalue weighted by Crippen LogP contribution is 2.36. The highest BCUT2D eigenvalue weighted by Gasteiger charge is 2.21. The summed E-state index contributed by atoms with van der Waals surface area (Å²) in [6.45, 7) is 13.9. The zero-order valence-corrected chi connectivity index (χ0v) is 17.2. The van der Waals surface area contributed by atoms with Crippen LogP contribution in [0.3, 0.4) is 0 Å². The van der Waals surface area contributed by atoms with E-state index in [0.29, 0.717) is 17.0 Å². The molecule has 3 aromatic carbocycles. The first-order valence-corrected chi connectivity index (χ1v) is 9.84. The molecule has 0 unspecified atom stereocenters. The van der Waals surface area contributed by atoms with E-state index in [-0.39, 0.29) is 12.2 Å². The average molecular weight is 380 g/mol. The van der Waals surface area contributed by atoms with Crippen LogP contribution >= 0.6 is 0 Å². The molecule has 0 aliphatic rings. The van der Waals surface area contributed by atoms with Crippen molar-refractivity contribution < 1.29 is 7.31 Å². The molecule has 0 amide bonds. The van der Waals surface area contributed by atoms with Crippen LogP contribution in [0.5, 0.6) is 0 Å². The van der Waals surface area contributed by atoms with Crippen molar-refractivity contribution in [2.75, 3.05) is 0 Å². The van der Waals surface area contributed by atoms with Gasteiger partial charge in [-0.2, -0.15) is 0 Å². The Morgan fingerprint density at radius 2 is 1.76 bits per heavy atom. The Hall–Kier alpha value is -3.44. The molecule has 4 aromatic rings. The molecule has 0 N–H and O–H groups in total. The molecule has 0 saturated carbocycles. The van der Waals surface area contributed by atoms with Crippen molar-refractivity contribution in [2.45, 2.75) is 26.7 Å². The lowest BCUT2D eigenvalue weighted by atomic mass is 9.87. The van der Waals surface area contributed by atoms with Crippen LogP contribution in [0, 0.1) is 13.5 Å². The highest BCUT2D eigenvalue weighted by atomic mass is 14.9. The summed E-state index contributed by atoms with van der Waals surface area (Å²) in [5, 5.41) is 1.53. The number of rotatable bonds is 3. The molecule has 0 bridgehead atoms. The van der Waals surface area contributed by atoms with E-state index in [2.05, 4.69) is 49.9 Å². The minimum absolute atomic E-state index is 0.139. The van der Waals surface area contributed by atoms with Gasteiger partial charge >= 0.3 is 0 Å². The third kappa shape index (κ3) is 3.41. The molecule has 0 fully saturated rings. The van der Waals surface area contributed by atoms with Crippen molar-refractivity contribution in [2.24, 2.45) is 7.05 Å². The number of pyridine rings is 1. The third-order valence-electron chi connectivity index (χ3n) is 5.51. The van der Waals surface area contributed by atoms with Gasteiger partial charge in [0, 0.05) is 6.04 Å². The van der Waals surface area contributed by atoms with Crippen LogP contribution in [0.15, 0.2) is 72.9 Å².